The van der Waals surface area contributed by atoms with Crippen LogP contribution in [-0.2, 0) is 13.6 Å². The average Bonchev–Trinajstić information content (AvgIpc) is 2.88. The Hall–Kier alpha value is -1.61. The van der Waals surface area contributed by atoms with Gasteiger partial charge in [0, 0.05) is 5.69 Å². The lowest BCUT2D eigenvalue weighted by Crippen LogP contribution is -2.37. The molecule has 5 heteroatoms. The molecule has 2 aromatic carbocycles. The largest absolute Gasteiger partial charge is 0.368 e. The van der Waals surface area contributed by atoms with Gasteiger partial charge in [-0.1, -0.05) is 103 Å². The summed E-state index contributed by atoms with van der Waals surface area (Å²) in [6.45, 7) is 13.7. The summed E-state index contributed by atoms with van der Waals surface area (Å²) >= 11 is 0. The minimum absolute atomic E-state index is 0.0770. The van der Waals surface area contributed by atoms with E-state index in [1.165, 1.54) is 12.8 Å². The van der Waals surface area contributed by atoms with Crippen LogP contribution in [0, 0.1) is 35.5 Å². The zero-order valence-electron chi connectivity index (χ0n) is 24.4. The van der Waals surface area contributed by atoms with E-state index in [1.54, 1.807) is 0 Å². The highest BCUT2D eigenvalue weighted by Crippen LogP contribution is 2.65. The molecule has 1 unspecified atom stereocenters. The molecule has 2 saturated carbocycles. The molecular formula is C33H50NO3P. The highest BCUT2D eigenvalue weighted by Gasteiger charge is 2.47. The molecule has 2 aliphatic rings. The van der Waals surface area contributed by atoms with Crippen molar-refractivity contribution in [2.75, 3.05) is 5.32 Å². The molecule has 0 aromatic heterocycles. The minimum Gasteiger partial charge on any atom is -0.368 e. The van der Waals surface area contributed by atoms with Gasteiger partial charge in [0.1, 0.15) is 0 Å². The van der Waals surface area contributed by atoms with E-state index in [9.17, 15) is 0 Å². The van der Waals surface area contributed by atoms with Crippen LogP contribution in [0.5, 0.6) is 0 Å². The summed E-state index contributed by atoms with van der Waals surface area (Å²) in [6, 6.07) is 20.2. The fraction of sp³-hybridized carbons (Fsp3) is 0.636. The van der Waals surface area contributed by atoms with E-state index in [4.69, 9.17) is 9.05 Å². The molecule has 0 aliphatic heterocycles. The van der Waals surface area contributed by atoms with Gasteiger partial charge in [-0.25, -0.2) is 0 Å². The maximum atomic E-state index is 15.5. The van der Waals surface area contributed by atoms with Crippen molar-refractivity contribution in [2.45, 2.75) is 98.1 Å². The summed E-state index contributed by atoms with van der Waals surface area (Å²) in [7, 11) is -3.67. The van der Waals surface area contributed by atoms with E-state index in [0.29, 0.717) is 35.5 Å². The van der Waals surface area contributed by atoms with Crippen LogP contribution in [0.25, 0.3) is 0 Å². The van der Waals surface area contributed by atoms with Gasteiger partial charge in [0.2, 0.25) is 0 Å². The first kappa shape index (κ1) is 29.4. The molecule has 2 aromatic rings. The average molecular weight is 540 g/mol. The lowest BCUT2D eigenvalue weighted by atomic mass is 9.75. The van der Waals surface area contributed by atoms with Gasteiger partial charge < -0.3 is 14.4 Å². The topological polar surface area (TPSA) is 47.6 Å². The fourth-order valence-electron chi connectivity index (χ4n) is 6.67. The van der Waals surface area contributed by atoms with Crippen LogP contribution in [0.4, 0.5) is 5.69 Å². The van der Waals surface area contributed by atoms with Crippen molar-refractivity contribution >= 4 is 13.3 Å². The van der Waals surface area contributed by atoms with Crippen LogP contribution in [0.15, 0.2) is 60.7 Å². The van der Waals surface area contributed by atoms with Crippen molar-refractivity contribution in [1.82, 2.24) is 0 Å². The number of anilines is 1. The first-order valence-electron chi connectivity index (χ1n) is 15.0. The normalized spacial score (nSPS) is 30.6. The second-order valence-electron chi connectivity index (χ2n) is 12.8. The molecule has 0 radical (unpaired) electrons. The Balaban J connectivity index is 1.76. The lowest BCUT2D eigenvalue weighted by Gasteiger charge is -2.43. The summed E-state index contributed by atoms with van der Waals surface area (Å²) in [5, 5.41) is 3.61. The maximum absolute atomic E-state index is 15.5. The molecule has 4 rings (SSSR count). The Morgan fingerprint density at radius 2 is 1.16 bits per heavy atom. The van der Waals surface area contributed by atoms with Gasteiger partial charge in [-0.15, -0.1) is 0 Å². The van der Waals surface area contributed by atoms with E-state index in [-0.39, 0.29) is 12.2 Å². The molecule has 2 aliphatic carbocycles. The van der Waals surface area contributed by atoms with Crippen molar-refractivity contribution in [3.63, 3.8) is 0 Å². The predicted molar refractivity (Wildman–Crippen MR) is 159 cm³/mol. The first-order chi connectivity index (χ1) is 18.2. The third-order valence-electron chi connectivity index (χ3n) is 9.00. The predicted octanol–water partition coefficient (Wildman–Crippen LogP) is 9.95. The summed E-state index contributed by atoms with van der Waals surface area (Å²) < 4.78 is 29.4. The number of hydrogen-bond acceptors (Lipinski definition) is 4. The Labute approximate surface area is 231 Å². The Bertz CT molecular complexity index is 989. The Morgan fingerprint density at radius 3 is 1.61 bits per heavy atom. The van der Waals surface area contributed by atoms with Crippen molar-refractivity contribution in [3.05, 3.63) is 66.2 Å². The third kappa shape index (κ3) is 7.32. The standard InChI is InChI=1S/C33H50NO3P/c1-23(2)29-19-17-25(5)21-31(29)36-38(35,37-32-22-26(6)18-20-30(32)24(3)4)33(27-13-9-7-10-14-27)34-28-15-11-8-12-16-28/h7-16,23-26,29-34H,17-22H2,1-6H3/t25-,26+,29-,30+,31-,32-,33+,38?/m1/s1. The van der Waals surface area contributed by atoms with E-state index in [0.717, 1.165) is 36.9 Å². The molecule has 0 bridgehead atoms. The zero-order valence-corrected chi connectivity index (χ0v) is 25.3. The molecule has 8 atom stereocenters. The van der Waals surface area contributed by atoms with E-state index in [2.05, 4.69) is 46.9 Å². The van der Waals surface area contributed by atoms with Crippen molar-refractivity contribution in [1.29, 1.82) is 0 Å². The zero-order chi connectivity index (χ0) is 27.3. The van der Waals surface area contributed by atoms with Crippen LogP contribution in [0.2, 0.25) is 0 Å². The summed E-state index contributed by atoms with van der Waals surface area (Å²) in [5.74, 6) is 2.22. The highest BCUT2D eigenvalue weighted by molar-refractivity contribution is 7.54. The van der Waals surface area contributed by atoms with E-state index >= 15 is 4.57 Å². The number of nitrogens with one attached hydrogen (secondary N) is 1. The van der Waals surface area contributed by atoms with Crippen molar-refractivity contribution < 1.29 is 13.6 Å². The van der Waals surface area contributed by atoms with Gasteiger partial charge in [-0.05, 0) is 78.9 Å². The highest BCUT2D eigenvalue weighted by atomic mass is 31.2. The van der Waals surface area contributed by atoms with Gasteiger partial charge >= 0.3 is 7.60 Å². The Kier molecular flexibility index (Phi) is 10.2. The summed E-state index contributed by atoms with van der Waals surface area (Å²) in [6.07, 6.45) is 6.33. The number of para-hydroxylation sites is 1. The Morgan fingerprint density at radius 1 is 0.711 bits per heavy atom. The lowest BCUT2D eigenvalue weighted by molar-refractivity contribution is -0.00541. The molecule has 0 heterocycles. The first-order valence-corrected chi connectivity index (χ1v) is 16.6. The molecule has 1 N–H and O–H groups in total. The van der Waals surface area contributed by atoms with Gasteiger partial charge in [-0.2, -0.15) is 0 Å². The summed E-state index contributed by atoms with van der Waals surface area (Å²) in [4.78, 5) is 0. The van der Waals surface area contributed by atoms with E-state index < -0.39 is 13.4 Å². The van der Waals surface area contributed by atoms with E-state index in [1.807, 2.05) is 60.7 Å². The van der Waals surface area contributed by atoms with Crippen LogP contribution in [0.1, 0.15) is 91.4 Å². The van der Waals surface area contributed by atoms with Crippen LogP contribution in [-0.4, -0.2) is 12.2 Å². The monoisotopic (exact) mass is 539 g/mol. The third-order valence-corrected chi connectivity index (χ3v) is 11.2. The molecule has 0 spiro atoms. The van der Waals surface area contributed by atoms with Gasteiger partial charge in [0.15, 0.2) is 5.78 Å². The van der Waals surface area contributed by atoms with Gasteiger partial charge in [0.25, 0.3) is 0 Å². The smallest absolute Gasteiger partial charge is 0.357 e. The van der Waals surface area contributed by atoms with Crippen molar-refractivity contribution in [3.8, 4) is 0 Å². The number of benzene rings is 2. The van der Waals surface area contributed by atoms with Gasteiger partial charge in [-0.3, -0.25) is 4.57 Å². The van der Waals surface area contributed by atoms with Gasteiger partial charge in [0.05, 0.1) is 12.2 Å². The molecule has 0 saturated heterocycles. The van der Waals surface area contributed by atoms with Crippen LogP contribution >= 0.6 is 7.60 Å². The quantitative estimate of drug-likeness (QED) is 0.305. The minimum atomic E-state index is -3.67. The molecule has 0 amide bonds. The SMILES string of the molecule is CC(C)[C@H]1CC[C@@H](C)C[C@H]1OP(=O)(O[C@@H]1C[C@@H](C)CC[C@H]1C(C)C)[C@H](Nc1ccccc1)c1ccccc1. The van der Waals surface area contributed by atoms with Crippen molar-refractivity contribution in [2.24, 2.45) is 35.5 Å². The summed E-state index contributed by atoms with van der Waals surface area (Å²) in [5.41, 5.74) is 1.86. The number of rotatable bonds is 10. The molecule has 38 heavy (non-hydrogen) atoms. The second kappa shape index (κ2) is 13.2. The number of hydrogen-bond donors (Lipinski definition) is 1. The van der Waals surface area contributed by atoms with Crippen LogP contribution in [0.3, 0.4) is 0 Å². The molecular weight excluding hydrogens is 489 g/mol. The van der Waals surface area contributed by atoms with Crippen LogP contribution < -0.4 is 5.32 Å². The fourth-order valence-corrected chi connectivity index (χ4v) is 9.05. The second-order valence-corrected chi connectivity index (χ2v) is 14.8. The molecule has 210 valence electrons. The molecule has 4 nitrogen and oxygen atoms in total. The maximum Gasteiger partial charge on any atom is 0.357 e. The molecule has 2 fully saturated rings.